The number of Topliss-reactive ketones (excluding diaryl/α,β-unsaturated/α-hetero) is 1. The molecular formula is C23H21ClN4O2S2. The van der Waals surface area contributed by atoms with Gasteiger partial charge in [-0.2, -0.15) is 0 Å². The molecule has 9 heteroatoms. The van der Waals surface area contributed by atoms with Gasteiger partial charge in [0.15, 0.2) is 15.2 Å². The van der Waals surface area contributed by atoms with E-state index in [4.69, 9.17) is 27.5 Å². The summed E-state index contributed by atoms with van der Waals surface area (Å²) in [5, 5.41) is 1.33. The molecule has 0 saturated heterocycles. The predicted molar refractivity (Wildman–Crippen MR) is 129 cm³/mol. The Morgan fingerprint density at radius 2 is 2.09 bits per heavy atom. The average Bonchev–Trinajstić information content (AvgIpc) is 3.32. The normalized spacial score (nSPS) is 21.8. The van der Waals surface area contributed by atoms with Gasteiger partial charge in [-0.15, -0.1) is 11.3 Å². The van der Waals surface area contributed by atoms with E-state index in [1.807, 2.05) is 30.3 Å². The van der Waals surface area contributed by atoms with Crippen molar-refractivity contribution in [1.82, 2.24) is 4.98 Å². The topological polar surface area (TPSA) is 108 Å². The third kappa shape index (κ3) is 3.76. The Hall–Kier alpha value is -2.55. The fourth-order valence-electron chi connectivity index (χ4n) is 4.27. The highest BCUT2D eigenvalue weighted by atomic mass is 35.5. The standard InChI is InChI=1S/C23H21ClN4O2S2/c1-23(2)8-14-20(15(29)9-23)19(12(10-25)21(26)27-14)16-4-6-18(30-16)32-22-28-13-7-11(24)3-5-17(13)31-22/h3-7,10,19H,8-9,25H2,1-2H3,(H2,26,27)/b12-10-. The molecule has 0 spiro atoms. The Kier molecular flexibility index (Phi) is 5.19. The minimum atomic E-state index is -0.459. The summed E-state index contributed by atoms with van der Waals surface area (Å²) in [7, 11) is 0. The monoisotopic (exact) mass is 484 g/mol. The third-order valence-electron chi connectivity index (χ3n) is 5.63. The molecule has 1 aliphatic carbocycles. The summed E-state index contributed by atoms with van der Waals surface area (Å²) in [6, 6.07) is 9.41. The van der Waals surface area contributed by atoms with E-state index in [1.165, 1.54) is 18.0 Å². The second-order valence-corrected chi connectivity index (χ2v) is 11.4. The number of rotatable bonds is 3. The van der Waals surface area contributed by atoms with Crippen molar-refractivity contribution in [2.24, 2.45) is 21.9 Å². The Labute approximate surface area is 198 Å². The zero-order chi connectivity index (χ0) is 22.6. The number of thiazole rings is 1. The molecule has 3 aromatic rings. The number of aliphatic imine (C=N–C) groups is 1. The summed E-state index contributed by atoms with van der Waals surface area (Å²) in [6.07, 6.45) is 2.55. The molecule has 5 rings (SSSR count). The molecule has 0 amide bonds. The van der Waals surface area contributed by atoms with E-state index in [1.54, 1.807) is 11.3 Å². The fraction of sp³-hybridized carbons (Fsp3) is 0.261. The first-order chi connectivity index (χ1) is 15.2. The number of carbonyl (C=O) groups excluding carboxylic acids is 1. The first-order valence-corrected chi connectivity index (χ1v) is 12.1. The Morgan fingerprint density at radius 1 is 1.28 bits per heavy atom. The van der Waals surface area contributed by atoms with Crippen LogP contribution in [0.15, 0.2) is 72.2 Å². The van der Waals surface area contributed by atoms with Crippen LogP contribution in [-0.2, 0) is 4.79 Å². The van der Waals surface area contributed by atoms with Crippen LogP contribution in [0.25, 0.3) is 10.2 Å². The molecular weight excluding hydrogens is 464 g/mol. The molecule has 6 nitrogen and oxygen atoms in total. The van der Waals surface area contributed by atoms with Crippen molar-refractivity contribution in [3.63, 3.8) is 0 Å². The maximum Gasteiger partial charge on any atom is 0.167 e. The molecule has 164 valence electrons. The molecule has 0 bridgehead atoms. The lowest BCUT2D eigenvalue weighted by Gasteiger charge is -2.36. The van der Waals surface area contributed by atoms with Gasteiger partial charge in [0.2, 0.25) is 0 Å². The molecule has 2 aliphatic rings. The third-order valence-corrected chi connectivity index (χ3v) is 7.88. The Morgan fingerprint density at radius 3 is 2.88 bits per heavy atom. The Bertz CT molecular complexity index is 1350. The zero-order valence-electron chi connectivity index (χ0n) is 17.5. The van der Waals surface area contributed by atoms with Crippen LogP contribution in [0, 0.1) is 5.41 Å². The van der Waals surface area contributed by atoms with Crippen LogP contribution in [0.4, 0.5) is 0 Å². The van der Waals surface area contributed by atoms with Crippen molar-refractivity contribution in [3.8, 4) is 0 Å². The zero-order valence-corrected chi connectivity index (χ0v) is 19.9. The summed E-state index contributed by atoms with van der Waals surface area (Å²) in [5.41, 5.74) is 14.8. The number of hydrogen-bond donors (Lipinski definition) is 2. The number of fused-ring (bicyclic) bond motifs is 1. The molecule has 2 aromatic heterocycles. The maximum atomic E-state index is 13.1. The number of amidine groups is 1. The predicted octanol–water partition coefficient (Wildman–Crippen LogP) is 5.63. The number of carbonyl (C=O) groups is 1. The van der Waals surface area contributed by atoms with E-state index >= 15 is 0 Å². The first kappa shape index (κ1) is 21.3. The van der Waals surface area contributed by atoms with Gasteiger partial charge in [-0.25, -0.2) is 9.98 Å². The summed E-state index contributed by atoms with van der Waals surface area (Å²) in [5.74, 6) is 0.548. The molecule has 1 atom stereocenters. The smallest absolute Gasteiger partial charge is 0.167 e. The van der Waals surface area contributed by atoms with E-state index in [2.05, 4.69) is 23.8 Å². The van der Waals surface area contributed by atoms with E-state index in [0.717, 1.165) is 20.3 Å². The highest BCUT2D eigenvalue weighted by Crippen LogP contribution is 2.48. The summed E-state index contributed by atoms with van der Waals surface area (Å²) < 4.78 is 8.09. The van der Waals surface area contributed by atoms with Crippen molar-refractivity contribution >= 4 is 56.5 Å². The maximum absolute atomic E-state index is 13.1. The summed E-state index contributed by atoms with van der Waals surface area (Å²) in [4.78, 5) is 22.3. The highest BCUT2D eigenvalue weighted by molar-refractivity contribution is 8.01. The van der Waals surface area contributed by atoms with Crippen molar-refractivity contribution in [3.05, 3.63) is 64.2 Å². The van der Waals surface area contributed by atoms with E-state index < -0.39 is 5.92 Å². The fourth-order valence-corrected chi connectivity index (χ4v) is 6.39. The lowest BCUT2D eigenvalue weighted by atomic mass is 9.70. The minimum absolute atomic E-state index is 0.0607. The number of nitrogens with two attached hydrogens (primary N) is 2. The van der Waals surface area contributed by atoms with Crippen LogP contribution in [-0.4, -0.2) is 16.6 Å². The van der Waals surface area contributed by atoms with Crippen LogP contribution >= 0.6 is 34.7 Å². The van der Waals surface area contributed by atoms with Gasteiger partial charge in [-0.1, -0.05) is 25.4 Å². The summed E-state index contributed by atoms with van der Waals surface area (Å²) >= 11 is 9.07. The average molecular weight is 485 g/mol. The molecule has 1 aromatic carbocycles. The van der Waals surface area contributed by atoms with Gasteiger partial charge < -0.3 is 15.9 Å². The van der Waals surface area contributed by atoms with Crippen LogP contribution in [0.2, 0.25) is 5.02 Å². The molecule has 0 fully saturated rings. The number of furan rings is 1. The number of aromatic nitrogens is 1. The second kappa shape index (κ2) is 7.79. The van der Waals surface area contributed by atoms with E-state index in [9.17, 15) is 4.79 Å². The van der Waals surface area contributed by atoms with Gasteiger partial charge >= 0.3 is 0 Å². The van der Waals surface area contributed by atoms with Crippen LogP contribution in [0.1, 0.15) is 38.4 Å². The largest absolute Gasteiger partial charge is 0.453 e. The summed E-state index contributed by atoms with van der Waals surface area (Å²) in [6.45, 7) is 4.13. The number of nitrogens with zero attached hydrogens (tertiary/aromatic N) is 2. The molecule has 0 radical (unpaired) electrons. The SMILES string of the molecule is CC1(C)CC(=O)C2=C(C1)N=C(N)/C(=C\N)C2c1ccc(Sc2nc3cc(Cl)ccc3s2)o1. The highest BCUT2D eigenvalue weighted by Gasteiger charge is 2.42. The van der Waals surface area contributed by atoms with Gasteiger partial charge in [-0.3, -0.25) is 4.79 Å². The molecule has 32 heavy (non-hydrogen) atoms. The van der Waals surface area contributed by atoms with Crippen molar-refractivity contribution in [2.75, 3.05) is 0 Å². The van der Waals surface area contributed by atoms with Gasteiger partial charge in [-0.05, 0) is 53.9 Å². The quantitative estimate of drug-likeness (QED) is 0.498. The van der Waals surface area contributed by atoms with Gasteiger partial charge in [0.1, 0.15) is 11.6 Å². The number of benzene rings is 1. The molecule has 3 heterocycles. The van der Waals surface area contributed by atoms with Gasteiger partial charge in [0.25, 0.3) is 0 Å². The van der Waals surface area contributed by atoms with Crippen molar-refractivity contribution in [2.45, 2.75) is 42.0 Å². The van der Waals surface area contributed by atoms with Crippen LogP contribution in [0.5, 0.6) is 0 Å². The second-order valence-electron chi connectivity index (χ2n) is 8.70. The number of ketones is 1. The first-order valence-electron chi connectivity index (χ1n) is 10.1. The lowest BCUT2D eigenvalue weighted by Crippen LogP contribution is -2.35. The van der Waals surface area contributed by atoms with E-state index in [0.29, 0.717) is 45.7 Å². The van der Waals surface area contributed by atoms with Crippen LogP contribution in [0.3, 0.4) is 0 Å². The lowest BCUT2D eigenvalue weighted by molar-refractivity contribution is -0.118. The van der Waals surface area contributed by atoms with Crippen LogP contribution < -0.4 is 11.5 Å². The van der Waals surface area contributed by atoms with Gasteiger partial charge in [0, 0.05) is 28.8 Å². The molecule has 4 N–H and O–H groups in total. The Balaban J connectivity index is 1.50. The molecule has 1 aliphatic heterocycles. The van der Waals surface area contributed by atoms with E-state index in [-0.39, 0.29) is 11.2 Å². The molecule has 0 saturated carbocycles. The molecule has 1 unspecified atom stereocenters. The number of halogens is 1. The van der Waals surface area contributed by atoms with Crippen molar-refractivity contribution in [1.29, 1.82) is 0 Å². The number of hydrogen-bond acceptors (Lipinski definition) is 8. The minimum Gasteiger partial charge on any atom is -0.453 e. The van der Waals surface area contributed by atoms with Gasteiger partial charge in [0.05, 0.1) is 21.8 Å². The number of allylic oxidation sites excluding steroid dienone is 2. The van der Waals surface area contributed by atoms with Crippen molar-refractivity contribution < 1.29 is 9.21 Å².